The van der Waals surface area contributed by atoms with E-state index in [-0.39, 0.29) is 0 Å². The fraction of sp³-hybridized carbons (Fsp3) is 0.273. The van der Waals surface area contributed by atoms with Gasteiger partial charge >= 0.3 is 0 Å². The molecule has 0 bridgehead atoms. The van der Waals surface area contributed by atoms with E-state index in [1.807, 2.05) is 24.3 Å². The molecule has 27 heavy (non-hydrogen) atoms. The van der Waals surface area contributed by atoms with Gasteiger partial charge in [0.2, 0.25) is 9.84 Å². The van der Waals surface area contributed by atoms with Gasteiger partial charge in [-0.2, -0.15) is 0 Å². The molecular weight excluding hydrogens is 356 g/mol. The Labute approximate surface area is 160 Å². The molecule has 1 aromatic heterocycles. The lowest BCUT2D eigenvalue weighted by Gasteiger charge is -2.26. The van der Waals surface area contributed by atoms with Gasteiger partial charge in [0.15, 0.2) is 0 Å². The molecule has 4 nitrogen and oxygen atoms in total. The molecule has 1 atom stereocenters. The van der Waals surface area contributed by atoms with E-state index >= 15 is 0 Å². The van der Waals surface area contributed by atoms with Crippen LogP contribution < -0.4 is 0 Å². The molecule has 0 aliphatic heterocycles. The van der Waals surface area contributed by atoms with Gasteiger partial charge in [0.25, 0.3) is 0 Å². The van der Waals surface area contributed by atoms with E-state index in [0.29, 0.717) is 15.7 Å². The van der Waals surface area contributed by atoms with Gasteiger partial charge in [-0.15, -0.1) is 0 Å². The van der Waals surface area contributed by atoms with Gasteiger partial charge in [-0.1, -0.05) is 24.3 Å². The molecule has 2 aromatic carbocycles. The molecule has 0 amide bonds. The van der Waals surface area contributed by atoms with Gasteiger partial charge in [-0.25, -0.2) is 18.4 Å². The lowest BCUT2D eigenvalue weighted by atomic mass is 9.80. The van der Waals surface area contributed by atoms with Crippen molar-refractivity contribution >= 4 is 9.84 Å². The summed E-state index contributed by atoms with van der Waals surface area (Å²) in [4.78, 5) is 9.35. The predicted molar refractivity (Wildman–Crippen MR) is 104 cm³/mol. The SMILES string of the molecule is O=S(=O)(c1ccccc1)c1ccc2c(c1)CCCC2CCc1ncccn1. The smallest absolute Gasteiger partial charge is 0.206 e. The molecule has 1 aliphatic rings. The van der Waals surface area contributed by atoms with Crippen LogP contribution in [0.25, 0.3) is 0 Å². The maximum atomic E-state index is 12.9. The van der Waals surface area contributed by atoms with Crippen LogP contribution in [0.3, 0.4) is 0 Å². The summed E-state index contributed by atoms with van der Waals surface area (Å²) in [7, 11) is -3.47. The molecule has 5 heteroatoms. The molecule has 1 heterocycles. The van der Waals surface area contributed by atoms with Gasteiger partial charge in [0, 0.05) is 18.8 Å². The summed E-state index contributed by atoms with van der Waals surface area (Å²) in [6, 6.07) is 16.1. The topological polar surface area (TPSA) is 59.9 Å². The first kappa shape index (κ1) is 17.9. The number of nitrogens with zero attached hydrogens (tertiary/aromatic N) is 2. The van der Waals surface area contributed by atoms with E-state index in [1.165, 1.54) is 5.56 Å². The lowest BCUT2D eigenvalue weighted by Crippen LogP contribution is -2.13. The Morgan fingerprint density at radius 1 is 0.926 bits per heavy atom. The van der Waals surface area contributed by atoms with Gasteiger partial charge in [0.05, 0.1) is 9.79 Å². The number of rotatable bonds is 5. The molecule has 0 N–H and O–H groups in total. The number of benzene rings is 2. The van der Waals surface area contributed by atoms with Crippen molar-refractivity contribution in [2.24, 2.45) is 0 Å². The van der Waals surface area contributed by atoms with Crippen molar-refractivity contribution < 1.29 is 8.42 Å². The van der Waals surface area contributed by atoms with Crippen LogP contribution in [0.4, 0.5) is 0 Å². The Kier molecular flexibility index (Phi) is 5.03. The van der Waals surface area contributed by atoms with Crippen LogP contribution in [-0.2, 0) is 22.7 Å². The highest BCUT2D eigenvalue weighted by Crippen LogP contribution is 2.36. The van der Waals surface area contributed by atoms with E-state index in [0.717, 1.165) is 43.5 Å². The van der Waals surface area contributed by atoms with E-state index in [9.17, 15) is 8.42 Å². The monoisotopic (exact) mass is 378 g/mol. The summed E-state index contributed by atoms with van der Waals surface area (Å²) in [5.41, 5.74) is 2.45. The molecule has 0 saturated heterocycles. The molecule has 4 rings (SSSR count). The first-order valence-corrected chi connectivity index (χ1v) is 10.8. The minimum atomic E-state index is -3.47. The molecule has 0 radical (unpaired) electrons. The molecule has 3 aromatic rings. The highest BCUT2D eigenvalue weighted by atomic mass is 32.2. The fourth-order valence-corrected chi connectivity index (χ4v) is 5.19. The van der Waals surface area contributed by atoms with Crippen molar-refractivity contribution in [2.45, 2.75) is 47.8 Å². The van der Waals surface area contributed by atoms with E-state index < -0.39 is 9.84 Å². The van der Waals surface area contributed by atoms with Crippen molar-refractivity contribution in [3.8, 4) is 0 Å². The summed E-state index contributed by atoms with van der Waals surface area (Å²) >= 11 is 0. The summed E-state index contributed by atoms with van der Waals surface area (Å²) < 4.78 is 25.8. The third-order valence-corrected chi connectivity index (χ3v) is 7.02. The molecule has 1 unspecified atom stereocenters. The van der Waals surface area contributed by atoms with Gasteiger partial charge < -0.3 is 0 Å². The lowest BCUT2D eigenvalue weighted by molar-refractivity contribution is 0.514. The minimum absolute atomic E-state index is 0.346. The Morgan fingerprint density at radius 3 is 2.48 bits per heavy atom. The number of sulfone groups is 1. The Bertz CT molecular complexity index is 1020. The zero-order chi connectivity index (χ0) is 18.7. The second-order valence-corrected chi connectivity index (χ2v) is 8.92. The summed E-state index contributed by atoms with van der Waals surface area (Å²) in [6.45, 7) is 0. The predicted octanol–water partition coefficient (Wildman–Crippen LogP) is 4.36. The first-order chi connectivity index (χ1) is 13.1. The normalized spacial score (nSPS) is 16.7. The first-order valence-electron chi connectivity index (χ1n) is 9.33. The van der Waals surface area contributed by atoms with Crippen molar-refractivity contribution in [1.82, 2.24) is 9.97 Å². The zero-order valence-electron chi connectivity index (χ0n) is 15.1. The standard InChI is InChI=1S/C22H22N2O2S/c25-27(26,19-8-2-1-3-9-19)20-11-12-21-17(6-4-7-18(21)16-20)10-13-22-23-14-5-15-24-22/h1-3,5,8-9,11-12,14-17H,4,6-7,10,13H2. The zero-order valence-corrected chi connectivity index (χ0v) is 15.9. The quantitative estimate of drug-likeness (QED) is 0.662. The van der Waals surface area contributed by atoms with Crippen LogP contribution in [-0.4, -0.2) is 18.4 Å². The summed E-state index contributed by atoms with van der Waals surface area (Å²) in [6.07, 6.45) is 8.53. The number of fused-ring (bicyclic) bond motifs is 1. The second-order valence-electron chi connectivity index (χ2n) is 6.97. The Hall–Kier alpha value is -2.53. The van der Waals surface area contributed by atoms with Crippen LogP contribution in [0.15, 0.2) is 76.8 Å². The van der Waals surface area contributed by atoms with Gasteiger partial charge in [-0.05, 0) is 73.1 Å². The highest BCUT2D eigenvalue weighted by molar-refractivity contribution is 7.91. The average Bonchev–Trinajstić information content (AvgIpc) is 2.73. The van der Waals surface area contributed by atoms with Crippen LogP contribution >= 0.6 is 0 Å². The molecule has 0 fully saturated rings. The molecule has 138 valence electrons. The Morgan fingerprint density at radius 2 is 1.70 bits per heavy atom. The highest BCUT2D eigenvalue weighted by Gasteiger charge is 2.24. The van der Waals surface area contributed by atoms with Crippen LogP contribution in [0.1, 0.15) is 42.1 Å². The molecule has 0 saturated carbocycles. The minimum Gasteiger partial charge on any atom is -0.241 e. The average molecular weight is 378 g/mol. The van der Waals surface area contributed by atoms with Crippen LogP contribution in [0.2, 0.25) is 0 Å². The number of hydrogen-bond acceptors (Lipinski definition) is 4. The third-order valence-electron chi connectivity index (χ3n) is 5.25. The van der Waals surface area contributed by atoms with Gasteiger partial charge in [-0.3, -0.25) is 0 Å². The number of hydrogen-bond donors (Lipinski definition) is 0. The van der Waals surface area contributed by atoms with Gasteiger partial charge in [0.1, 0.15) is 5.82 Å². The third kappa shape index (κ3) is 3.78. The van der Waals surface area contributed by atoms with Crippen molar-refractivity contribution in [2.75, 3.05) is 0 Å². The fourth-order valence-electron chi connectivity index (χ4n) is 3.86. The van der Waals surface area contributed by atoms with E-state index in [2.05, 4.69) is 9.97 Å². The summed E-state index contributed by atoms with van der Waals surface area (Å²) in [5.74, 6) is 1.30. The van der Waals surface area contributed by atoms with E-state index in [4.69, 9.17) is 0 Å². The molecular formula is C22H22N2O2S. The molecule has 1 aliphatic carbocycles. The van der Waals surface area contributed by atoms with E-state index in [1.54, 1.807) is 42.7 Å². The number of aryl methyl sites for hydroxylation is 2. The van der Waals surface area contributed by atoms with Crippen molar-refractivity contribution in [1.29, 1.82) is 0 Å². The van der Waals surface area contributed by atoms with Crippen LogP contribution in [0.5, 0.6) is 0 Å². The largest absolute Gasteiger partial charge is 0.241 e. The maximum absolute atomic E-state index is 12.9. The maximum Gasteiger partial charge on any atom is 0.206 e. The van der Waals surface area contributed by atoms with Crippen molar-refractivity contribution in [3.05, 3.63) is 83.9 Å². The molecule has 0 spiro atoms. The summed E-state index contributed by atoms with van der Waals surface area (Å²) in [5, 5.41) is 0. The number of aromatic nitrogens is 2. The Balaban J connectivity index is 1.58. The van der Waals surface area contributed by atoms with Crippen molar-refractivity contribution in [3.63, 3.8) is 0 Å². The second kappa shape index (κ2) is 7.61. The van der Waals surface area contributed by atoms with Crippen LogP contribution in [0, 0.1) is 0 Å².